The summed E-state index contributed by atoms with van der Waals surface area (Å²) in [6, 6.07) is 7.44. The quantitative estimate of drug-likeness (QED) is 0.370. The van der Waals surface area contributed by atoms with Crippen LogP contribution in [-0.4, -0.2) is 69.2 Å². The van der Waals surface area contributed by atoms with Crippen molar-refractivity contribution in [1.82, 2.24) is 15.1 Å². The number of hydrogen-bond acceptors (Lipinski definition) is 3. The first-order chi connectivity index (χ1) is 11.6. The maximum atomic E-state index is 5.87. The van der Waals surface area contributed by atoms with Gasteiger partial charge in [0.15, 0.2) is 5.96 Å². The number of benzene rings is 1. The van der Waals surface area contributed by atoms with E-state index < -0.39 is 0 Å². The van der Waals surface area contributed by atoms with Gasteiger partial charge in [0.1, 0.15) is 12.4 Å². The van der Waals surface area contributed by atoms with Crippen molar-refractivity contribution >= 4 is 41.5 Å². The summed E-state index contributed by atoms with van der Waals surface area (Å²) in [4.78, 5) is 8.97. The van der Waals surface area contributed by atoms with E-state index in [1.54, 1.807) is 0 Å². The molecule has 0 bridgehead atoms. The number of likely N-dealkylation sites (N-methyl/N-ethyl adjacent to an activating group) is 1. The van der Waals surface area contributed by atoms with Crippen molar-refractivity contribution in [3.8, 4) is 5.75 Å². The number of likely N-dealkylation sites (tertiary alicyclic amines) is 1. The molecule has 1 fully saturated rings. The molecule has 1 aliphatic heterocycles. The summed E-state index contributed by atoms with van der Waals surface area (Å²) in [5, 5.41) is 4.21. The molecule has 1 saturated heterocycles. The van der Waals surface area contributed by atoms with Crippen molar-refractivity contribution in [2.45, 2.75) is 13.3 Å². The average molecular weight is 481 g/mol. The van der Waals surface area contributed by atoms with E-state index in [0.29, 0.717) is 12.5 Å². The zero-order chi connectivity index (χ0) is 17.4. The van der Waals surface area contributed by atoms with Crippen LogP contribution in [0.4, 0.5) is 0 Å². The number of ether oxygens (including phenoxy) is 1. The molecule has 1 aliphatic rings. The molecule has 1 aromatic rings. The van der Waals surface area contributed by atoms with Gasteiger partial charge in [-0.05, 0) is 49.7 Å². The van der Waals surface area contributed by atoms with Crippen LogP contribution in [0.15, 0.2) is 29.3 Å². The van der Waals surface area contributed by atoms with Crippen molar-refractivity contribution in [3.05, 3.63) is 29.3 Å². The number of rotatable bonds is 7. The molecular formula is C18H30ClIN4O. The van der Waals surface area contributed by atoms with Crippen LogP contribution in [0.1, 0.15) is 13.3 Å². The summed E-state index contributed by atoms with van der Waals surface area (Å²) in [6.07, 6.45) is 1.27. The third-order valence-corrected chi connectivity index (χ3v) is 4.70. The second-order valence-corrected chi connectivity index (χ2v) is 6.64. The molecular weight excluding hydrogens is 451 g/mol. The van der Waals surface area contributed by atoms with Gasteiger partial charge in [-0.3, -0.25) is 4.99 Å². The zero-order valence-electron chi connectivity index (χ0n) is 15.4. The van der Waals surface area contributed by atoms with E-state index in [2.05, 4.69) is 27.0 Å². The largest absolute Gasteiger partial charge is 0.492 e. The van der Waals surface area contributed by atoms with Gasteiger partial charge in [0, 0.05) is 32.2 Å². The first-order valence-corrected chi connectivity index (χ1v) is 9.02. The molecule has 25 heavy (non-hydrogen) atoms. The van der Waals surface area contributed by atoms with Crippen LogP contribution in [0.5, 0.6) is 5.75 Å². The molecule has 2 rings (SSSR count). The number of hydrogen-bond donors (Lipinski definition) is 1. The molecule has 5 nitrogen and oxygen atoms in total. The van der Waals surface area contributed by atoms with Gasteiger partial charge in [-0.25, -0.2) is 0 Å². The van der Waals surface area contributed by atoms with Gasteiger partial charge < -0.3 is 19.9 Å². The minimum atomic E-state index is 0. The molecule has 1 unspecified atom stereocenters. The Kier molecular flexibility index (Phi) is 10.5. The molecule has 0 saturated carbocycles. The SMILES string of the molecule is CCN1CCC(CNC(=NC)N(C)CCOc2ccc(Cl)cc2)C1.I. The van der Waals surface area contributed by atoms with E-state index in [4.69, 9.17) is 16.3 Å². The lowest BCUT2D eigenvalue weighted by atomic mass is 10.1. The minimum absolute atomic E-state index is 0. The highest BCUT2D eigenvalue weighted by molar-refractivity contribution is 14.0. The molecule has 0 radical (unpaired) electrons. The Labute approximate surface area is 173 Å². The number of guanidine groups is 1. The average Bonchev–Trinajstić information content (AvgIpc) is 3.05. The Bertz CT molecular complexity index is 526. The van der Waals surface area contributed by atoms with Crippen molar-refractivity contribution in [2.75, 3.05) is 53.4 Å². The molecule has 0 amide bonds. The van der Waals surface area contributed by atoms with Crippen molar-refractivity contribution in [1.29, 1.82) is 0 Å². The van der Waals surface area contributed by atoms with E-state index in [1.165, 1.54) is 19.5 Å². The normalized spacial score (nSPS) is 17.9. The number of aliphatic imine (C=N–C) groups is 1. The highest BCUT2D eigenvalue weighted by Crippen LogP contribution is 2.16. The van der Waals surface area contributed by atoms with Gasteiger partial charge >= 0.3 is 0 Å². The van der Waals surface area contributed by atoms with Crippen LogP contribution < -0.4 is 10.1 Å². The van der Waals surface area contributed by atoms with Gasteiger partial charge in [-0.2, -0.15) is 0 Å². The summed E-state index contributed by atoms with van der Waals surface area (Å²) in [7, 11) is 3.86. The Balaban J connectivity index is 0.00000312. The van der Waals surface area contributed by atoms with E-state index in [0.717, 1.165) is 36.4 Å². The van der Waals surface area contributed by atoms with Gasteiger partial charge in [0.2, 0.25) is 0 Å². The topological polar surface area (TPSA) is 40.1 Å². The second kappa shape index (κ2) is 11.8. The van der Waals surface area contributed by atoms with Gasteiger partial charge in [-0.15, -0.1) is 24.0 Å². The van der Waals surface area contributed by atoms with Crippen molar-refractivity contribution < 1.29 is 4.74 Å². The van der Waals surface area contributed by atoms with Gasteiger partial charge in [0.05, 0.1) is 6.54 Å². The van der Waals surface area contributed by atoms with E-state index in [9.17, 15) is 0 Å². The predicted molar refractivity (Wildman–Crippen MR) is 117 cm³/mol. The monoisotopic (exact) mass is 480 g/mol. The Morgan fingerprint density at radius 2 is 2.12 bits per heavy atom. The maximum Gasteiger partial charge on any atom is 0.193 e. The molecule has 0 spiro atoms. The summed E-state index contributed by atoms with van der Waals surface area (Å²) < 4.78 is 5.74. The van der Waals surface area contributed by atoms with Crippen LogP contribution in [0.2, 0.25) is 5.02 Å². The third kappa shape index (κ3) is 7.58. The van der Waals surface area contributed by atoms with Crippen LogP contribution in [0, 0.1) is 5.92 Å². The number of nitrogens with zero attached hydrogens (tertiary/aromatic N) is 3. The molecule has 1 heterocycles. The van der Waals surface area contributed by atoms with E-state index in [-0.39, 0.29) is 24.0 Å². The van der Waals surface area contributed by atoms with Crippen molar-refractivity contribution in [3.63, 3.8) is 0 Å². The fourth-order valence-electron chi connectivity index (χ4n) is 2.92. The van der Waals surface area contributed by atoms with Crippen LogP contribution in [0.25, 0.3) is 0 Å². The minimum Gasteiger partial charge on any atom is -0.492 e. The Hall–Kier alpha value is -0.730. The van der Waals surface area contributed by atoms with Crippen LogP contribution in [-0.2, 0) is 0 Å². The third-order valence-electron chi connectivity index (χ3n) is 4.45. The van der Waals surface area contributed by atoms with E-state index >= 15 is 0 Å². The lowest BCUT2D eigenvalue weighted by Gasteiger charge is -2.23. The fourth-order valence-corrected chi connectivity index (χ4v) is 3.05. The summed E-state index contributed by atoms with van der Waals surface area (Å²) in [5.41, 5.74) is 0. The summed E-state index contributed by atoms with van der Waals surface area (Å²) in [6.45, 7) is 8.12. The standard InChI is InChI=1S/C18H29ClN4O.HI/c1-4-23-10-9-15(14-23)13-21-18(20-2)22(3)11-12-24-17-7-5-16(19)6-8-17;/h5-8,15H,4,9-14H2,1-3H3,(H,20,21);1H. The number of nitrogens with one attached hydrogen (secondary N) is 1. The highest BCUT2D eigenvalue weighted by Gasteiger charge is 2.21. The van der Waals surface area contributed by atoms with E-state index in [1.807, 2.05) is 38.4 Å². The molecule has 0 aromatic heterocycles. The predicted octanol–water partition coefficient (Wildman–Crippen LogP) is 3.19. The molecule has 1 N–H and O–H groups in total. The van der Waals surface area contributed by atoms with Crippen LogP contribution in [0.3, 0.4) is 0 Å². The second-order valence-electron chi connectivity index (χ2n) is 6.20. The Morgan fingerprint density at radius 1 is 1.40 bits per heavy atom. The Morgan fingerprint density at radius 3 is 2.72 bits per heavy atom. The lowest BCUT2D eigenvalue weighted by molar-refractivity contribution is 0.280. The lowest BCUT2D eigenvalue weighted by Crippen LogP contribution is -2.43. The maximum absolute atomic E-state index is 5.87. The van der Waals surface area contributed by atoms with Gasteiger partial charge in [0.25, 0.3) is 0 Å². The van der Waals surface area contributed by atoms with Crippen LogP contribution >= 0.6 is 35.6 Å². The molecule has 0 aliphatic carbocycles. The molecule has 1 aromatic carbocycles. The molecule has 1 atom stereocenters. The highest BCUT2D eigenvalue weighted by atomic mass is 127. The first-order valence-electron chi connectivity index (χ1n) is 8.65. The number of halogens is 2. The molecule has 142 valence electrons. The van der Waals surface area contributed by atoms with Crippen molar-refractivity contribution in [2.24, 2.45) is 10.9 Å². The fraction of sp³-hybridized carbons (Fsp3) is 0.611. The first kappa shape index (κ1) is 22.3. The summed E-state index contributed by atoms with van der Waals surface area (Å²) in [5.74, 6) is 2.46. The smallest absolute Gasteiger partial charge is 0.193 e. The van der Waals surface area contributed by atoms with Gasteiger partial charge in [-0.1, -0.05) is 18.5 Å². The summed E-state index contributed by atoms with van der Waals surface area (Å²) >= 11 is 5.87. The molecule has 7 heteroatoms. The zero-order valence-corrected chi connectivity index (χ0v) is 18.5.